The zero-order chi connectivity index (χ0) is 26.6. The Labute approximate surface area is 224 Å². The van der Waals surface area contributed by atoms with Gasteiger partial charge in [0.15, 0.2) is 5.82 Å². The van der Waals surface area contributed by atoms with Crippen LogP contribution in [0, 0.1) is 5.82 Å². The quantitative estimate of drug-likeness (QED) is 0.326. The molecule has 196 valence electrons. The molecule has 1 saturated heterocycles. The predicted molar refractivity (Wildman–Crippen MR) is 147 cm³/mol. The SMILES string of the molecule is COc1ccc(-c2ncn(-c3ccc(Nc4nccc(-c5cc(F)cc(N6CCNCC6)c5)n4)cc3)n2)cn1. The lowest BCUT2D eigenvalue weighted by Crippen LogP contribution is -2.43. The average Bonchev–Trinajstić information content (AvgIpc) is 3.48. The third-order valence-corrected chi connectivity index (χ3v) is 6.40. The molecule has 1 aliphatic heterocycles. The molecule has 6 rings (SSSR count). The van der Waals surface area contributed by atoms with E-state index in [9.17, 15) is 4.39 Å². The minimum Gasteiger partial charge on any atom is -0.481 e. The molecule has 0 bridgehead atoms. The van der Waals surface area contributed by atoms with E-state index >= 15 is 0 Å². The Kier molecular flexibility index (Phi) is 6.79. The number of ether oxygens (including phenoxy) is 1. The van der Waals surface area contributed by atoms with E-state index in [0.29, 0.717) is 28.9 Å². The van der Waals surface area contributed by atoms with Crippen LogP contribution in [-0.2, 0) is 0 Å². The van der Waals surface area contributed by atoms with Crippen LogP contribution in [0.2, 0.25) is 0 Å². The Morgan fingerprint density at radius 1 is 0.897 bits per heavy atom. The third-order valence-electron chi connectivity index (χ3n) is 6.40. The van der Waals surface area contributed by atoms with Gasteiger partial charge < -0.3 is 20.3 Å². The lowest BCUT2D eigenvalue weighted by Gasteiger charge is -2.29. The number of nitrogens with one attached hydrogen (secondary N) is 2. The minimum atomic E-state index is -0.288. The van der Waals surface area contributed by atoms with Crippen molar-refractivity contribution in [1.29, 1.82) is 0 Å². The number of anilines is 3. The zero-order valence-electron chi connectivity index (χ0n) is 21.3. The summed E-state index contributed by atoms with van der Waals surface area (Å²) in [6, 6.07) is 18.1. The number of hydrogen-bond acceptors (Lipinski definition) is 9. The van der Waals surface area contributed by atoms with Crippen LogP contribution in [-0.4, -0.2) is 63.0 Å². The molecule has 4 heterocycles. The van der Waals surface area contributed by atoms with E-state index in [-0.39, 0.29) is 5.82 Å². The fraction of sp³-hybridized carbons (Fsp3) is 0.179. The molecule has 39 heavy (non-hydrogen) atoms. The fourth-order valence-electron chi connectivity index (χ4n) is 4.39. The maximum Gasteiger partial charge on any atom is 0.227 e. The molecule has 5 aromatic rings. The highest BCUT2D eigenvalue weighted by molar-refractivity contribution is 5.67. The number of nitrogens with zero attached hydrogens (tertiary/aromatic N) is 7. The van der Waals surface area contributed by atoms with Crippen molar-refractivity contribution in [3.05, 3.63) is 85.2 Å². The smallest absolute Gasteiger partial charge is 0.227 e. The molecule has 0 aliphatic carbocycles. The number of pyridine rings is 1. The number of halogens is 1. The fourth-order valence-corrected chi connectivity index (χ4v) is 4.39. The van der Waals surface area contributed by atoms with Crippen LogP contribution in [0.4, 0.5) is 21.7 Å². The summed E-state index contributed by atoms with van der Waals surface area (Å²) in [5.74, 6) is 1.23. The zero-order valence-corrected chi connectivity index (χ0v) is 21.3. The van der Waals surface area contributed by atoms with Crippen molar-refractivity contribution in [3.63, 3.8) is 0 Å². The first-order chi connectivity index (χ1) is 19.1. The van der Waals surface area contributed by atoms with Gasteiger partial charge in [0, 0.05) is 67.1 Å². The second-order valence-corrected chi connectivity index (χ2v) is 8.97. The van der Waals surface area contributed by atoms with Gasteiger partial charge in [0.2, 0.25) is 11.8 Å². The molecule has 0 amide bonds. The first kappa shape index (κ1) is 24.4. The number of methoxy groups -OCH3 is 1. The maximum atomic E-state index is 14.5. The van der Waals surface area contributed by atoms with Crippen molar-refractivity contribution in [2.45, 2.75) is 0 Å². The first-order valence-electron chi connectivity index (χ1n) is 12.5. The molecule has 1 fully saturated rings. The molecule has 2 aromatic carbocycles. The summed E-state index contributed by atoms with van der Waals surface area (Å²) in [5.41, 5.74) is 4.64. The third kappa shape index (κ3) is 5.53. The van der Waals surface area contributed by atoms with Crippen LogP contribution in [0.25, 0.3) is 28.3 Å². The summed E-state index contributed by atoms with van der Waals surface area (Å²) in [6.07, 6.45) is 5.00. The number of aromatic nitrogens is 6. The Hall–Kier alpha value is -4.90. The van der Waals surface area contributed by atoms with Crippen LogP contribution in [0.3, 0.4) is 0 Å². The molecule has 0 radical (unpaired) electrons. The lowest BCUT2D eigenvalue weighted by molar-refractivity contribution is 0.398. The van der Waals surface area contributed by atoms with Crippen LogP contribution < -0.4 is 20.3 Å². The molecule has 0 atom stereocenters. The van der Waals surface area contributed by atoms with Gasteiger partial charge in [-0.2, -0.15) is 0 Å². The van der Waals surface area contributed by atoms with Crippen molar-refractivity contribution in [2.75, 3.05) is 43.5 Å². The first-order valence-corrected chi connectivity index (χ1v) is 12.5. The summed E-state index contributed by atoms with van der Waals surface area (Å²) in [7, 11) is 1.57. The van der Waals surface area contributed by atoms with Gasteiger partial charge in [0.25, 0.3) is 0 Å². The van der Waals surface area contributed by atoms with E-state index in [1.807, 2.05) is 36.4 Å². The highest BCUT2D eigenvalue weighted by Gasteiger charge is 2.14. The molecule has 0 saturated carbocycles. The van der Waals surface area contributed by atoms with E-state index in [1.54, 1.807) is 48.7 Å². The molecule has 0 spiro atoms. The molecular formula is C28H26FN9O. The van der Waals surface area contributed by atoms with Crippen LogP contribution >= 0.6 is 0 Å². The summed E-state index contributed by atoms with van der Waals surface area (Å²) >= 11 is 0. The van der Waals surface area contributed by atoms with Crippen LogP contribution in [0.15, 0.2) is 79.4 Å². The maximum absolute atomic E-state index is 14.5. The van der Waals surface area contributed by atoms with Gasteiger partial charge in [-0.25, -0.2) is 29.0 Å². The summed E-state index contributed by atoms with van der Waals surface area (Å²) in [6.45, 7) is 3.43. The number of rotatable bonds is 7. The van der Waals surface area contributed by atoms with Crippen molar-refractivity contribution < 1.29 is 9.13 Å². The van der Waals surface area contributed by atoms with Gasteiger partial charge in [-0.05, 0) is 54.6 Å². The van der Waals surface area contributed by atoms with Gasteiger partial charge in [-0.15, -0.1) is 5.10 Å². The van der Waals surface area contributed by atoms with Crippen LogP contribution in [0.5, 0.6) is 5.88 Å². The highest BCUT2D eigenvalue weighted by atomic mass is 19.1. The Bertz CT molecular complexity index is 1570. The Morgan fingerprint density at radius 2 is 1.74 bits per heavy atom. The van der Waals surface area contributed by atoms with E-state index in [2.05, 4.69) is 40.6 Å². The summed E-state index contributed by atoms with van der Waals surface area (Å²) in [4.78, 5) is 19.8. The number of benzene rings is 2. The van der Waals surface area contributed by atoms with Gasteiger partial charge in [-0.3, -0.25) is 0 Å². The lowest BCUT2D eigenvalue weighted by atomic mass is 10.1. The van der Waals surface area contributed by atoms with Gasteiger partial charge in [0.1, 0.15) is 12.1 Å². The van der Waals surface area contributed by atoms with Crippen molar-refractivity contribution in [2.24, 2.45) is 0 Å². The molecule has 2 N–H and O–H groups in total. The van der Waals surface area contributed by atoms with E-state index in [1.165, 1.54) is 6.07 Å². The number of hydrogen-bond donors (Lipinski definition) is 2. The van der Waals surface area contributed by atoms with E-state index in [4.69, 9.17) is 4.74 Å². The molecule has 10 nitrogen and oxygen atoms in total. The molecule has 0 unspecified atom stereocenters. The molecule has 11 heteroatoms. The average molecular weight is 524 g/mol. The normalized spacial score (nSPS) is 13.3. The van der Waals surface area contributed by atoms with Gasteiger partial charge >= 0.3 is 0 Å². The van der Waals surface area contributed by atoms with Gasteiger partial charge in [-0.1, -0.05) is 0 Å². The standard InChI is InChI=1S/C28H26FN9O/c1-39-26-7-2-19(17-32-26)27-33-18-38(36-27)23-5-3-22(4-6-23)34-28-31-9-8-25(35-28)20-14-21(29)16-24(15-20)37-12-10-30-11-13-37/h2-9,14-18,30H,10-13H2,1H3,(H,31,34,35). The Morgan fingerprint density at radius 3 is 2.51 bits per heavy atom. The predicted octanol–water partition coefficient (Wildman–Crippen LogP) is 4.09. The van der Waals surface area contributed by atoms with E-state index < -0.39 is 0 Å². The molecule has 3 aromatic heterocycles. The van der Waals surface area contributed by atoms with E-state index in [0.717, 1.165) is 48.8 Å². The summed E-state index contributed by atoms with van der Waals surface area (Å²) < 4.78 is 21.3. The molecule has 1 aliphatic rings. The topological polar surface area (TPSA) is 106 Å². The van der Waals surface area contributed by atoms with Gasteiger partial charge in [0.05, 0.1) is 18.5 Å². The van der Waals surface area contributed by atoms with Crippen LogP contribution in [0.1, 0.15) is 0 Å². The van der Waals surface area contributed by atoms with Crippen molar-refractivity contribution >= 4 is 17.3 Å². The van der Waals surface area contributed by atoms with Crippen molar-refractivity contribution in [1.82, 2.24) is 35.0 Å². The van der Waals surface area contributed by atoms with Crippen molar-refractivity contribution in [3.8, 4) is 34.2 Å². The Balaban J connectivity index is 1.17. The largest absolute Gasteiger partial charge is 0.481 e. The summed E-state index contributed by atoms with van der Waals surface area (Å²) in [5, 5.41) is 11.1. The monoisotopic (exact) mass is 523 g/mol. The number of piperazine rings is 1. The minimum absolute atomic E-state index is 0.288. The second kappa shape index (κ2) is 10.8. The highest BCUT2D eigenvalue weighted by Crippen LogP contribution is 2.27. The molecular weight excluding hydrogens is 497 g/mol. The second-order valence-electron chi connectivity index (χ2n) is 8.97.